The van der Waals surface area contributed by atoms with Gasteiger partial charge in [0.25, 0.3) is 0 Å². The molecule has 0 radical (unpaired) electrons. The van der Waals surface area contributed by atoms with Gasteiger partial charge < -0.3 is 14.8 Å². The fourth-order valence-electron chi connectivity index (χ4n) is 0.890. The largest absolute Gasteiger partial charge is 0.444 e. The van der Waals surface area contributed by atoms with Crippen LogP contribution in [0.1, 0.15) is 6.42 Å². The third-order valence-corrected chi connectivity index (χ3v) is 1.36. The molecule has 1 unspecified atom stereocenters. The molecule has 10 heavy (non-hydrogen) atoms. The van der Waals surface area contributed by atoms with E-state index in [2.05, 4.69) is 5.32 Å². The van der Waals surface area contributed by atoms with Gasteiger partial charge in [0.1, 0.15) is 6.10 Å². The summed E-state index contributed by atoms with van der Waals surface area (Å²) < 4.78 is 9.68. The van der Waals surface area contributed by atoms with E-state index in [1.165, 1.54) is 0 Å². The number of hydrogen-bond donors (Lipinski definition) is 1. The Kier molecular flexibility index (Phi) is 2.50. The summed E-state index contributed by atoms with van der Waals surface area (Å²) in [5.41, 5.74) is 0. The van der Waals surface area contributed by atoms with E-state index in [4.69, 9.17) is 9.47 Å². The molecule has 0 aliphatic carbocycles. The lowest BCUT2D eigenvalue weighted by atomic mass is 10.2. The van der Waals surface area contributed by atoms with E-state index < -0.39 is 0 Å². The van der Waals surface area contributed by atoms with Crippen LogP contribution in [0.25, 0.3) is 0 Å². The lowest BCUT2D eigenvalue weighted by Gasteiger charge is -2.21. The Balaban J connectivity index is 2.25. The van der Waals surface area contributed by atoms with Gasteiger partial charge in [0, 0.05) is 20.1 Å². The van der Waals surface area contributed by atoms with Crippen molar-refractivity contribution in [3.63, 3.8) is 0 Å². The summed E-state index contributed by atoms with van der Waals surface area (Å²) in [6.07, 6.45) is 0.437. The number of nitrogens with one attached hydrogen (secondary N) is 1. The number of ether oxygens (including phenoxy) is 2. The molecule has 0 bridgehead atoms. The van der Waals surface area contributed by atoms with Crippen LogP contribution in [0.5, 0.6) is 0 Å². The van der Waals surface area contributed by atoms with Gasteiger partial charge in [-0.25, -0.2) is 4.79 Å². The Morgan fingerprint density at radius 3 is 3.30 bits per heavy atom. The summed E-state index contributed by atoms with van der Waals surface area (Å²) in [5, 5.41) is 2.55. The molecular weight excluding hydrogens is 134 g/mol. The Morgan fingerprint density at radius 2 is 2.70 bits per heavy atom. The Morgan fingerprint density at radius 1 is 1.90 bits per heavy atom. The van der Waals surface area contributed by atoms with Crippen LogP contribution in [0, 0.1) is 0 Å². The van der Waals surface area contributed by atoms with E-state index in [1.54, 1.807) is 7.11 Å². The molecule has 0 saturated carbocycles. The van der Waals surface area contributed by atoms with Gasteiger partial charge in [-0.15, -0.1) is 0 Å². The molecule has 58 valence electrons. The molecule has 1 saturated heterocycles. The number of amides is 1. The van der Waals surface area contributed by atoms with Gasteiger partial charge in [-0.2, -0.15) is 0 Å². The SMILES string of the molecule is COCC1CCNC(=O)O1. The van der Waals surface area contributed by atoms with Gasteiger partial charge in [0.2, 0.25) is 0 Å². The highest BCUT2D eigenvalue weighted by Gasteiger charge is 2.18. The second-order valence-electron chi connectivity index (χ2n) is 2.20. The van der Waals surface area contributed by atoms with Crippen molar-refractivity contribution in [3.8, 4) is 0 Å². The van der Waals surface area contributed by atoms with Crippen LogP contribution in [0.15, 0.2) is 0 Å². The monoisotopic (exact) mass is 145 g/mol. The van der Waals surface area contributed by atoms with Gasteiger partial charge in [-0.05, 0) is 0 Å². The quantitative estimate of drug-likeness (QED) is 0.600. The van der Waals surface area contributed by atoms with Crippen LogP contribution in [-0.2, 0) is 9.47 Å². The molecule has 1 atom stereocenters. The maximum atomic E-state index is 10.6. The standard InChI is InChI=1S/C6H11NO3/c1-9-4-5-2-3-7-6(8)10-5/h5H,2-4H2,1H3,(H,7,8). The third-order valence-electron chi connectivity index (χ3n) is 1.36. The highest BCUT2D eigenvalue weighted by atomic mass is 16.6. The topological polar surface area (TPSA) is 47.6 Å². The molecule has 4 nitrogen and oxygen atoms in total. The first kappa shape index (κ1) is 7.34. The van der Waals surface area contributed by atoms with Gasteiger partial charge in [-0.1, -0.05) is 0 Å². The summed E-state index contributed by atoms with van der Waals surface area (Å²) in [6, 6.07) is 0. The van der Waals surface area contributed by atoms with E-state index in [1.807, 2.05) is 0 Å². The molecule has 0 aromatic heterocycles. The number of carbonyl (C=O) groups is 1. The van der Waals surface area contributed by atoms with Gasteiger partial charge in [-0.3, -0.25) is 0 Å². The molecular formula is C6H11NO3. The number of alkyl carbamates (subject to hydrolysis) is 1. The molecule has 4 heteroatoms. The van der Waals surface area contributed by atoms with Crippen molar-refractivity contribution in [2.24, 2.45) is 0 Å². The fourth-order valence-corrected chi connectivity index (χ4v) is 0.890. The Hall–Kier alpha value is -0.770. The highest BCUT2D eigenvalue weighted by molar-refractivity contribution is 5.67. The van der Waals surface area contributed by atoms with Crippen molar-refractivity contribution in [3.05, 3.63) is 0 Å². The van der Waals surface area contributed by atoms with Gasteiger partial charge >= 0.3 is 6.09 Å². The minimum absolute atomic E-state index is 0.0567. The molecule has 1 fully saturated rings. The first-order chi connectivity index (χ1) is 4.83. The highest BCUT2D eigenvalue weighted by Crippen LogP contribution is 2.03. The predicted octanol–water partition coefficient (Wildman–Crippen LogP) is 0.131. The van der Waals surface area contributed by atoms with Crippen molar-refractivity contribution >= 4 is 6.09 Å². The minimum atomic E-state index is -0.340. The zero-order valence-corrected chi connectivity index (χ0v) is 5.92. The van der Waals surface area contributed by atoms with E-state index in [9.17, 15) is 4.79 Å². The third kappa shape index (κ3) is 1.88. The summed E-state index contributed by atoms with van der Waals surface area (Å²) in [7, 11) is 1.59. The molecule has 1 amide bonds. The first-order valence-electron chi connectivity index (χ1n) is 3.26. The van der Waals surface area contributed by atoms with Crippen LogP contribution in [0.2, 0.25) is 0 Å². The molecule has 1 heterocycles. The summed E-state index contributed by atoms with van der Waals surface area (Å²) in [4.78, 5) is 10.6. The number of rotatable bonds is 2. The normalized spacial score (nSPS) is 25.3. The number of hydrogen-bond acceptors (Lipinski definition) is 3. The Labute approximate surface area is 59.5 Å². The van der Waals surface area contributed by atoms with E-state index in [0.717, 1.165) is 6.42 Å². The number of methoxy groups -OCH3 is 1. The minimum Gasteiger partial charge on any atom is -0.444 e. The van der Waals surface area contributed by atoms with Crippen LogP contribution >= 0.6 is 0 Å². The smallest absolute Gasteiger partial charge is 0.407 e. The summed E-state index contributed by atoms with van der Waals surface area (Å²) >= 11 is 0. The second kappa shape index (κ2) is 3.41. The number of carbonyl (C=O) groups excluding carboxylic acids is 1. The molecule has 0 aromatic rings. The van der Waals surface area contributed by atoms with Crippen molar-refractivity contribution in [1.29, 1.82) is 0 Å². The zero-order chi connectivity index (χ0) is 7.40. The van der Waals surface area contributed by atoms with Crippen molar-refractivity contribution in [2.45, 2.75) is 12.5 Å². The van der Waals surface area contributed by atoms with Crippen molar-refractivity contribution in [1.82, 2.24) is 5.32 Å². The molecule has 1 aliphatic rings. The van der Waals surface area contributed by atoms with Crippen LogP contribution in [0.3, 0.4) is 0 Å². The molecule has 1 N–H and O–H groups in total. The van der Waals surface area contributed by atoms with Crippen molar-refractivity contribution < 1.29 is 14.3 Å². The van der Waals surface area contributed by atoms with E-state index in [0.29, 0.717) is 13.2 Å². The summed E-state index contributed by atoms with van der Waals surface area (Å²) in [6.45, 7) is 1.18. The van der Waals surface area contributed by atoms with Crippen LogP contribution < -0.4 is 5.32 Å². The molecule has 0 spiro atoms. The average Bonchev–Trinajstić information content (AvgIpc) is 1.88. The van der Waals surface area contributed by atoms with Crippen molar-refractivity contribution in [2.75, 3.05) is 20.3 Å². The van der Waals surface area contributed by atoms with Crippen LogP contribution in [0.4, 0.5) is 4.79 Å². The van der Waals surface area contributed by atoms with Crippen LogP contribution in [-0.4, -0.2) is 32.5 Å². The molecule has 1 aliphatic heterocycles. The number of cyclic esters (lactones) is 1. The lowest BCUT2D eigenvalue weighted by Crippen LogP contribution is -2.39. The first-order valence-corrected chi connectivity index (χ1v) is 3.26. The predicted molar refractivity (Wildman–Crippen MR) is 34.8 cm³/mol. The fraction of sp³-hybridized carbons (Fsp3) is 0.833. The zero-order valence-electron chi connectivity index (χ0n) is 5.92. The summed E-state index contributed by atoms with van der Waals surface area (Å²) in [5.74, 6) is 0. The van der Waals surface area contributed by atoms with E-state index in [-0.39, 0.29) is 12.2 Å². The second-order valence-corrected chi connectivity index (χ2v) is 2.20. The molecule has 1 rings (SSSR count). The van der Waals surface area contributed by atoms with E-state index >= 15 is 0 Å². The Bertz CT molecular complexity index is 124. The van der Waals surface area contributed by atoms with Gasteiger partial charge in [0.15, 0.2) is 0 Å². The lowest BCUT2D eigenvalue weighted by molar-refractivity contribution is 0.0216. The molecule has 0 aromatic carbocycles. The van der Waals surface area contributed by atoms with Gasteiger partial charge in [0.05, 0.1) is 6.61 Å². The maximum absolute atomic E-state index is 10.6. The average molecular weight is 145 g/mol. The maximum Gasteiger partial charge on any atom is 0.407 e.